The van der Waals surface area contributed by atoms with Gasteiger partial charge < -0.3 is 10.5 Å². The molecule has 0 radical (unpaired) electrons. The van der Waals surface area contributed by atoms with Crippen molar-refractivity contribution >= 4 is 5.97 Å². The lowest BCUT2D eigenvalue weighted by molar-refractivity contribution is -0.148. The van der Waals surface area contributed by atoms with Crippen molar-refractivity contribution in [2.75, 3.05) is 13.7 Å². The Morgan fingerprint density at radius 3 is 2.43 bits per heavy atom. The number of nitrogens with one attached hydrogen (secondary N) is 1. The van der Waals surface area contributed by atoms with Crippen molar-refractivity contribution in [1.29, 1.82) is 0 Å². The number of nitrogens with two attached hydrogens (primary N) is 1. The largest absolute Gasteiger partial charge is 0.468 e. The molecule has 1 aromatic carbocycles. The molecule has 4 nitrogen and oxygen atoms in total. The fourth-order valence-corrected chi connectivity index (χ4v) is 2.84. The van der Waals surface area contributed by atoms with E-state index in [1.807, 2.05) is 0 Å². The van der Waals surface area contributed by atoms with Crippen LogP contribution in [0.4, 0.5) is 8.78 Å². The summed E-state index contributed by atoms with van der Waals surface area (Å²) >= 11 is 0. The number of carbonyl (C=O) groups is 1. The minimum Gasteiger partial charge on any atom is -0.468 e. The lowest BCUT2D eigenvalue weighted by Gasteiger charge is -2.29. The van der Waals surface area contributed by atoms with E-state index in [4.69, 9.17) is 10.5 Å². The monoisotopic (exact) mass is 298 g/mol. The lowest BCUT2D eigenvalue weighted by Crippen LogP contribution is -2.52. The summed E-state index contributed by atoms with van der Waals surface area (Å²) in [5.74, 6) is -1.63. The normalized spacial score (nSPS) is 18.5. The van der Waals surface area contributed by atoms with E-state index < -0.39 is 23.2 Å². The molecular weight excluding hydrogens is 278 g/mol. The molecule has 1 unspecified atom stereocenters. The second-order valence-electron chi connectivity index (χ2n) is 5.47. The number of ether oxygens (including phenoxy) is 1. The highest BCUT2D eigenvalue weighted by molar-refractivity contribution is 5.81. The van der Waals surface area contributed by atoms with Gasteiger partial charge in [0, 0.05) is 18.7 Å². The Morgan fingerprint density at radius 2 is 1.90 bits per heavy atom. The maximum Gasteiger partial charge on any atom is 0.326 e. The van der Waals surface area contributed by atoms with Gasteiger partial charge in [-0.25, -0.2) is 8.78 Å². The maximum atomic E-state index is 13.2. The van der Waals surface area contributed by atoms with E-state index in [0.717, 1.165) is 18.9 Å². The van der Waals surface area contributed by atoms with Gasteiger partial charge in [-0.1, -0.05) is 12.8 Å². The molecule has 1 aromatic rings. The number of benzene rings is 1. The molecule has 0 spiro atoms. The Labute approximate surface area is 122 Å². The first-order valence-electron chi connectivity index (χ1n) is 7.02. The quantitative estimate of drug-likeness (QED) is 0.817. The Balaban J connectivity index is 2.05. The molecule has 0 heterocycles. The summed E-state index contributed by atoms with van der Waals surface area (Å²) < 4.78 is 31.2. The molecule has 3 N–H and O–H groups in total. The zero-order chi connectivity index (χ0) is 15.5. The molecule has 21 heavy (non-hydrogen) atoms. The van der Waals surface area contributed by atoms with Gasteiger partial charge in [-0.05, 0) is 30.5 Å². The van der Waals surface area contributed by atoms with Crippen LogP contribution in [-0.2, 0) is 9.53 Å². The maximum absolute atomic E-state index is 13.2. The van der Waals surface area contributed by atoms with Crippen molar-refractivity contribution in [3.05, 3.63) is 35.4 Å². The van der Waals surface area contributed by atoms with Crippen LogP contribution in [0.25, 0.3) is 0 Å². The number of rotatable bonds is 5. The Kier molecular flexibility index (Phi) is 4.90. The third kappa shape index (κ3) is 3.57. The number of methoxy groups -OCH3 is 1. The van der Waals surface area contributed by atoms with Crippen molar-refractivity contribution in [1.82, 2.24) is 5.32 Å². The van der Waals surface area contributed by atoms with Gasteiger partial charge in [-0.15, -0.1) is 0 Å². The second-order valence-corrected chi connectivity index (χ2v) is 5.47. The summed E-state index contributed by atoms with van der Waals surface area (Å²) in [6, 6.07) is 2.61. The highest BCUT2D eigenvalue weighted by Gasteiger charge is 2.42. The van der Waals surface area contributed by atoms with Crippen LogP contribution in [0.3, 0.4) is 0 Å². The molecule has 1 atom stereocenters. The van der Waals surface area contributed by atoms with Crippen LogP contribution in [0.1, 0.15) is 37.3 Å². The van der Waals surface area contributed by atoms with Gasteiger partial charge >= 0.3 is 5.97 Å². The first kappa shape index (κ1) is 15.9. The van der Waals surface area contributed by atoms with Crippen LogP contribution >= 0.6 is 0 Å². The Hall–Kier alpha value is -1.53. The van der Waals surface area contributed by atoms with Gasteiger partial charge in [0.2, 0.25) is 0 Å². The predicted octanol–water partition coefficient (Wildman–Crippen LogP) is 2.04. The molecule has 0 saturated heterocycles. The van der Waals surface area contributed by atoms with Crippen LogP contribution < -0.4 is 11.1 Å². The van der Waals surface area contributed by atoms with Gasteiger partial charge in [0.15, 0.2) is 0 Å². The molecule has 0 aliphatic heterocycles. The van der Waals surface area contributed by atoms with Crippen molar-refractivity contribution < 1.29 is 18.3 Å². The number of hydrogen-bond donors (Lipinski definition) is 2. The molecule has 0 amide bonds. The third-order valence-corrected chi connectivity index (χ3v) is 4.01. The zero-order valence-electron chi connectivity index (χ0n) is 12.0. The number of carbonyl (C=O) groups excluding carboxylic acids is 1. The van der Waals surface area contributed by atoms with Gasteiger partial charge in [-0.3, -0.25) is 10.1 Å². The van der Waals surface area contributed by atoms with Gasteiger partial charge in [-0.2, -0.15) is 0 Å². The van der Waals surface area contributed by atoms with Gasteiger partial charge in [0.05, 0.1) is 7.11 Å². The summed E-state index contributed by atoms with van der Waals surface area (Å²) in [6.45, 7) is 0.248. The van der Waals surface area contributed by atoms with Crippen molar-refractivity contribution in [2.45, 2.75) is 37.3 Å². The van der Waals surface area contributed by atoms with Crippen LogP contribution in [0.15, 0.2) is 18.2 Å². The first-order chi connectivity index (χ1) is 9.97. The molecule has 6 heteroatoms. The number of esters is 1. The fourth-order valence-electron chi connectivity index (χ4n) is 2.84. The molecule has 0 bridgehead atoms. The van der Waals surface area contributed by atoms with Crippen LogP contribution in [0.5, 0.6) is 0 Å². The minimum absolute atomic E-state index is 0.248. The molecular formula is C15H20F2N2O2. The molecule has 1 fully saturated rings. The smallest absolute Gasteiger partial charge is 0.326 e. The number of hydrogen-bond acceptors (Lipinski definition) is 4. The SMILES string of the molecule is COC(=O)C1(NCC(N)c2cc(F)cc(F)c2)CCCC1. The minimum atomic E-state index is -0.724. The molecule has 1 aliphatic carbocycles. The van der Waals surface area contributed by atoms with E-state index in [9.17, 15) is 13.6 Å². The Bertz CT molecular complexity index is 496. The molecule has 2 rings (SSSR count). The summed E-state index contributed by atoms with van der Waals surface area (Å²) in [5, 5.41) is 3.14. The molecule has 0 aromatic heterocycles. The van der Waals surface area contributed by atoms with E-state index in [-0.39, 0.29) is 12.5 Å². The topological polar surface area (TPSA) is 64.3 Å². The summed E-state index contributed by atoms with van der Waals surface area (Å²) in [6.07, 6.45) is 3.24. The van der Waals surface area contributed by atoms with Crippen LogP contribution in [-0.4, -0.2) is 25.2 Å². The third-order valence-electron chi connectivity index (χ3n) is 4.01. The first-order valence-corrected chi connectivity index (χ1v) is 7.02. The average molecular weight is 298 g/mol. The summed E-state index contributed by atoms with van der Waals surface area (Å²) in [7, 11) is 1.35. The van der Waals surface area contributed by atoms with Crippen molar-refractivity contribution in [2.24, 2.45) is 5.73 Å². The van der Waals surface area contributed by atoms with Gasteiger partial charge in [0.25, 0.3) is 0 Å². The summed E-state index contributed by atoms with van der Waals surface area (Å²) in [4.78, 5) is 11.9. The van der Waals surface area contributed by atoms with Crippen LogP contribution in [0, 0.1) is 11.6 Å². The predicted molar refractivity (Wildman–Crippen MR) is 74.5 cm³/mol. The molecule has 1 aliphatic rings. The molecule has 1 saturated carbocycles. The zero-order valence-corrected chi connectivity index (χ0v) is 12.0. The second kappa shape index (κ2) is 6.49. The average Bonchev–Trinajstić information content (AvgIpc) is 2.93. The summed E-state index contributed by atoms with van der Waals surface area (Å²) in [5.41, 5.74) is 5.60. The van der Waals surface area contributed by atoms with E-state index in [1.165, 1.54) is 19.2 Å². The van der Waals surface area contributed by atoms with Crippen LogP contribution in [0.2, 0.25) is 0 Å². The van der Waals surface area contributed by atoms with Gasteiger partial charge in [0.1, 0.15) is 17.2 Å². The van der Waals surface area contributed by atoms with E-state index in [1.54, 1.807) is 0 Å². The van der Waals surface area contributed by atoms with E-state index >= 15 is 0 Å². The lowest BCUT2D eigenvalue weighted by atomic mass is 9.96. The highest BCUT2D eigenvalue weighted by atomic mass is 19.1. The Morgan fingerprint density at radius 1 is 1.33 bits per heavy atom. The fraction of sp³-hybridized carbons (Fsp3) is 0.533. The van der Waals surface area contributed by atoms with Crippen molar-refractivity contribution in [3.8, 4) is 0 Å². The highest BCUT2D eigenvalue weighted by Crippen LogP contribution is 2.31. The molecule has 116 valence electrons. The van der Waals surface area contributed by atoms with E-state index in [2.05, 4.69) is 5.32 Å². The van der Waals surface area contributed by atoms with Crippen molar-refractivity contribution in [3.63, 3.8) is 0 Å². The standard InChI is InChI=1S/C15H20F2N2O2/c1-21-14(20)15(4-2-3-5-15)19-9-13(18)10-6-11(16)8-12(17)7-10/h6-8,13,19H,2-5,9,18H2,1H3. The van der Waals surface area contributed by atoms with E-state index in [0.29, 0.717) is 18.4 Å². The number of halogens is 2.